The zero-order valence-corrected chi connectivity index (χ0v) is 10.1. The molecular weight excluding hydrogens is 230 g/mol. The lowest BCUT2D eigenvalue weighted by atomic mass is 10.2. The Labute approximate surface area is 106 Å². The van der Waals surface area contributed by atoms with E-state index >= 15 is 0 Å². The fraction of sp³-hybridized carbons (Fsp3) is 0.250. The molecule has 1 aromatic rings. The highest BCUT2D eigenvalue weighted by molar-refractivity contribution is 6.03. The molecule has 0 aliphatic heterocycles. The molecule has 18 heavy (non-hydrogen) atoms. The largest absolute Gasteiger partial charge is 0.351 e. The first-order valence-electron chi connectivity index (χ1n) is 5.42. The second-order valence-electron chi connectivity index (χ2n) is 3.35. The second-order valence-corrected chi connectivity index (χ2v) is 3.35. The molecule has 0 spiro atoms. The highest BCUT2D eigenvalue weighted by atomic mass is 16.2. The van der Waals surface area contributed by atoms with Gasteiger partial charge in [0.2, 0.25) is 5.96 Å². The smallest absolute Gasteiger partial charge is 0.318 e. The van der Waals surface area contributed by atoms with Gasteiger partial charge in [-0.15, -0.1) is 6.42 Å². The van der Waals surface area contributed by atoms with Crippen molar-refractivity contribution in [2.45, 2.75) is 13.3 Å². The molecule has 0 aromatic carbocycles. The lowest BCUT2D eigenvalue weighted by molar-refractivity contribution is 0.253. The number of nitrogens with one attached hydrogen (secondary N) is 2. The predicted molar refractivity (Wildman–Crippen MR) is 71.1 cm³/mol. The zero-order valence-electron chi connectivity index (χ0n) is 10.1. The highest BCUT2D eigenvalue weighted by Crippen LogP contribution is 2.11. The van der Waals surface area contributed by atoms with E-state index in [1.165, 1.54) is 0 Å². The summed E-state index contributed by atoms with van der Waals surface area (Å²) in [5.41, 5.74) is 6.04. The molecule has 94 valence electrons. The number of guanidine groups is 1. The number of primary amides is 1. The van der Waals surface area contributed by atoms with Crippen molar-refractivity contribution in [1.29, 1.82) is 0 Å². The van der Waals surface area contributed by atoms with Crippen molar-refractivity contribution >= 4 is 17.8 Å². The molecule has 0 atom stereocenters. The van der Waals surface area contributed by atoms with Crippen molar-refractivity contribution in [3.63, 3.8) is 0 Å². The van der Waals surface area contributed by atoms with E-state index in [2.05, 4.69) is 26.5 Å². The van der Waals surface area contributed by atoms with Gasteiger partial charge in [0.1, 0.15) is 12.4 Å². The van der Waals surface area contributed by atoms with E-state index in [1.54, 1.807) is 6.20 Å². The van der Waals surface area contributed by atoms with Gasteiger partial charge in [-0.25, -0.2) is 14.8 Å². The minimum atomic E-state index is -0.716. The summed E-state index contributed by atoms with van der Waals surface area (Å²) in [7, 11) is 0. The van der Waals surface area contributed by atoms with Crippen LogP contribution in [0.3, 0.4) is 0 Å². The van der Waals surface area contributed by atoms with Crippen LogP contribution in [-0.2, 0) is 6.42 Å². The first-order valence-corrected chi connectivity index (χ1v) is 5.42. The number of aryl methyl sites for hydroxylation is 1. The summed E-state index contributed by atoms with van der Waals surface area (Å²) in [6, 6.07) is 3.05. The molecule has 1 rings (SSSR count). The number of carbonyl (C=O) groups excluding carboxylic acids is 1. The van der Waals surface area contributed by atoms with Crippen LogP contribution in [0.25, 0.3) is 0 Å². The van der Waals surface area contributed by atoms with Gasteiger partial charge in [0.05, 0.1) is 0 Å². The van der Waals surface area contributed by atoms with Gasteiger partial charge in [0, 0.05) is 6.20 Å². The average Bonchev–Trinajstić information content (AvgIpc) is 2.36. The Morgan fingerprint density at radius 1 is 1.67 bits per heavy atom. The summed E-state index contributed by atoms with van der Waals surface area (Å²) >= 11 is 0. The number of nitrogens with zero attached hydrogens (tertiary/aromatic N) is 2. The standard InChI is InChI=1S/C12H15N5O/c1-3-7-15-12(17-11(13)18)16-10-9(4-2)6-5-8-14-10/h1,5-6,8H,4,7H2,2H3,(H4,13,14,15,16,17,18). The lowest BCUT2D eigenvalue weighted by Crippen LogP contribution is -2.40. The van der Waals surface area contributed by atoms with E-state index in [-0.39, 0.29) is 12.5 Å². The zero-order chi connectivity index (χ0) is 13.4. The quantitative estimate of drug-likeness (QED) is 0.416. The Kier molecular flexibility index (Phi) is 5.19. The van der Waals surface area contributed by atoms with E-state index in [1.807, 2.05) is 19.1 Å². The number of carbonyl (C=O) groups is 1. The predicted octanol–water partition coefficient (Wildman–Crippen LogP) is 0.713. The number of hydrogen-bond acceptors (Lipinski definition) is 3. The van der Waals surface area contributed by atoms with Crippen molar-refractivity contribution in [2.24, 2.45) is 10.7 Å². The van der Waals surface area contributed by atoms with Crippen LogP contribution in [-0.4, -0.2) is 23.5 Å². The van der Waals surface area contributed by atoms with E-state index in [9.17, 15) is 4.79 Å². The topological polar surface area (TPSA) is 92.4 Å². The van der Waals surface area contributed by atoms with Crippen LogP contribution in [0.5, 0.6) is 0 Å². The van der Waals surface area contributed by atoms with Gasteiger partial charge in [0.25, 0.3) is 0 Å². The van der Waals surface area contributed by atoms with Crippen LogP contribution < -0.4 is 16.4 Å². The second kappa shape index (κ2) is 6.91. The minimum absolute atomic E-state index is 0.136. The van der Waals surface area contributed by atoms with E-state index < -0.39 is 6.03 Å². The van der Waals surface area contributed by atoms with Crippen LogP contribution in [0.4, 0.5) is 10.6 Å². The molecule has 1 aromatic heterocycles. The first kappa shape index (κ1) is 13.5. The Morgan fingerprint density at radius 3 is 3.06 bits per heavy atom. The number of rotatable bonds is 3. The molecular formula is C12H15N5O. The van der Waals surface area contributed by atoms with Crippen LogP contribution in [0, 0.1) is 12.3 Å². The third-order valence-corrected chi connectivity index (χ3v) is 2.08. The van der Waals surface area contributed by atoms with Crippen molar-refractivity contribution in [3.05, 3.63) is 23.9 Å². The van der Waals surface area contributed by atoms with Crippen molar-refractivity contribution in [3.8, 4) is 12.3 Å². The molecule has 6 heteroatoms. The molecule has 2 amide bonds. The molecule has 0 unspecified atom stereocenters. The molecule has 0 saturated carbocycles. The van der Waals surface area contributed by atoms with Gasteiger partial charge in [-0.2, -0.15) is 0 Å². The average molecular weight is 245 g/mol. The molecule has 6 nitrogen and oxygen atoms in total. The number of amides is 2. The number of aromatic nitrogens is 1. The first-order chi connectivity index (χ1) is 8.67. The highest BCUT2D eigenvalue weighted by Gasteiger charge is 2.06. The van der Waals surface area contributed by atoms with Gasteiger partial charge in [-0.05, 0) is 18.1 Å². The Morgan fingerprint density at radius 2 is 2.44 bits per heavy atom. The minimum Gasteiger partial charge on any atom is -0.351 e. The van der Waals surface area contributed by atoms with Crippen LogP contribution in [0.15, 0.2) is 23.3 Å². The van der Waals surface area contributed by atoms with E-state index in [0.29, 0.717) is 5.82 Å². The van der Waals surface area contributed by atoms with E-state index in [4.69, 9.17) is 12.2 Å². The molecule has 0 aliphatic carbocycles. The van der Waals surface area contributed by atoms with Crippen LogP contribution in [0.2, 0.25) is 0 Å². The molecule has 0 saturated heterocycles. The van der Waals surface area contributed by atoms with Crippen molar-refractivity contribution in [1.82, 2.24) is 10.3 Å². The number of urea groups is 1. The van der Waals surface area contributed by atoms with Crippen LogP contribution in [0.1, 0.15) is 12.5 Å². The van der Waals surface area contributed by atoms with Gasteiger partial charge in [0.15, 0.2) is 0 Å². The summed E-state index contributed by atoms with van der Waals surface area (Å²) in [5, 5.41) is 5.25. The number of pyridine rings is 1. The molecule has 1 heterocycles. The molecule has 4 N–H and O–H groups in total. The maximum Gasteiger partial charge on any atom is 0.318 e. The molecule has 0 aliphatic rings. The fourth-order valence-electron chi connectivity index (χ4n) is 1.30. The molecule has 0 fully saturated rings. The summed E-state index contributed by atoms with van der Waals surface area (Å²) < 4.78 is 0. The molecule has 0 bridgehead atoms. The Hall–Kier alpha value is -2.55. The maximum absolute atomic E-state index is 10.8. The Bertz CT molecular complexity index is 489. The van der Waals surface area contributed by atoms with Crippen molar-refractivity contribution in [2.75, 3.05) is 11.9 Å². The summed E-state index contributed by atoms with van der Waals surface area (Å²) in [5.74, 6) is 3.15. The number of terminal acetylenes is 1. The van der Waals surface area contributed by atoms with Gasteiger partial charge in [-0.3, -0.25) is 5.32 Å². The Balaban J connectivity index is 2.89. The third kappa shape index (κ3) is 4.14. The number of hydrogen-bond donors (Lipinski definition) is 3. The fourth-order valence-corrected chi connectivity index (χ4v) is 1.30. The maximum atomic E-state index is 10.8. The lowest BCUT2D eigenvalue weighted by Gasteiger charge is -2.11. The van der Waals surface area contributed by atoms with Crippen molar-refractivity contribution < 1.29 is 4.79 Å². The third-order valence-electron chi connectivity index (χ3n) is 2.08. The number of anilines is 1. The monoisotopic (exact) mass is 245 g/mol. The van der Waals surface area contributed by atoms with Gasteiger partial charge < -0.3 is 11.1 Å². The summed E-state index contributed by atoms with van der Waals surface area (Å²) in [6.07, 6.45) is 7.56. The summed E-state index contributed by atoms with van der Waals surface area (Å²) in [4.78, 5) is 19.0. The van der Waals surface area contributed by atoms with Crippen LogP contribution >= 0.6 is 0 Å². The van der Waals surface area contributed by atoms with E-state index in [0.717, 1.165) is 12.0 Å². The number of aliphatic imine (C=N–C) groups is 1. The van der Waals surface area contributed by atoms with Gasteiger partial charge in [-0.1, -0.05) is 18.9 Å². The SMILES string of the molecule is C#CCN=C(NC(N)=O)Nc1ncccc1CC. The normalized spacial score (nSPS) is 10.6. The molecule has 0 radical (unpaired) electrons. The van der Waals surface area contributed by atoms with Gasteiger partial charge >= 0.3 is 6.03 Å². The summed E-state index contributed by atoms with van der Waals surface area (Å²) in [6.45, 7) is 2.14. The number of nitrogens with two attached hydrogens (primary N) is 1.